The van der Waals surface area contributed by atoms with Crippen LogP contribution in [0, 0.1) is 5.92 Å². The van der Waals surface area contributed by atoms with Gasteiger partial charge in [0, 0.05) is 19.0 Å². The molecule has 1 aromatic carbocycles. The van der Waals surface area contributed by atoms with E-state index < -0.39 is 41.1 Å². The number of aliphatic carboxylic acids is 1. The number of hydrogen-bond donors (Lipinski definition) is 3. The van der Waals surface area contributed by atoms with Gasteiger partial charge in [-0.3, -0.25) is 9.59 Å². The molecule has 1 heterocycles. The molecule has 0 spiro atoms. The van der Waals surface area contributed by atoms with E-state index in [-0.39, 0.29) is 19.5 Å². The molecule has 1 saturated heterocycles. The van der Waals surface area contributed by atoms with Crippen LogP contribution in [0.3, 0.4) is 0 Å². The van der Waals surface area contributed by atoms with Crippen molar-refractivity contribution in [3.63, 3.8) is 0 Å². The van der Waals surface area contributed by atoms with Gasteiger partial charge in [0.25, 0.3) is 0 Å². The molecule has 2 radical (unpaired) electrons. The number of amides is 1. The van der Waals surface area contributed by atoms with Crippen molar-refractivity contribution in [2.45, 2.75) is 43.3 Å². The Morgan fingerprint density at radius 3 is 2.43 bits per heavy atom. The van der Waals surface area contributed by atoms with Gasteiger partial charge in [0.15, 0.2) is 0 Å². The largest absolute Gasteiger partial charge is 0.480 e. The standard InChI is InChI=1S/C18H23BF3N3O3/c19-7-1-2-13-9-25(10-17(13,24)16(27)28)15(26)14(23)8-11-3-5-12(6-4-11)18(20,21)22/h3-6,13-14H,1-2,7-10,23-24H2,(H,27,28)/t13-,14?,17-/m0/s1. The second kappa shape index (κ2) is 8.52. The first kappa shape index (κ1) is 22.2. The third-order valence-corrected chi connectivity index (χ3v) is 5.14. The van der Waals surface area contributed by atoms with Crippen molar-refractivity contribution in [1.82, 2.24) is 4.90 Å². The van der Waals surface area contributed by atoms with Gasteiger partial charge in [0.05, 0.1) is 19.5 Å². The number of carbonyl (C=O) groups is 2. The number of hydrogen-bond acceptors (Lipinski definition) is 4. The molecular weight excluding hydrogens is 374 g/mol. The zero-order valence-corrected chi connectivity index (χ0v) is 15.3. The van der Waals surface area contributed by atoms with Crippen LogP contribution in [0.25, 0.3) is 0 Å². The van der Waals surface area contributed by atoms with Gasteiger partial charge >= 0.3 is 12.1 Å². The molecular formula is C18H23BF3N3O3. The third-order valence-electron chi connectivity index (χ3n) is 5.14. The Bertz CT molecular complexity index is 714. The van der Waals surface area contributed by atoms with Gasteiger partial charge in [-0.15, -0.1) is 0 Å². The Kier molecular flexibility index (Phi) is 6.77. The van der Waals surface area contributed by atoms with Crippen LogP contribution in [0.15, 0.2) is 24.3 Å². The highest BCUT2D eigenvalue weighted by Gasteiger charge is 2.50. The van der Waals surface area contributed by atoms with Gasteiger partial charge in [-0.1, -0.05) is 24.9 Å². The van der Waals surface area contributed by atoms with Crippen molar-refractivity contribution < 1.29 is 27.9 Å². The maximum absolute atomic E-state index is 12.7. The SMILES string of the molecule is [B]CCC[C@H]1CN(C(=O)C(N)Cc2ccc(C(F)(F)F)cc2)C[C@@]1(N)C(=O)O. The summed E-state index contributed by atoms with van der Waals surface area (Å²) < 4.78 is 37.9. The molecule has 6 nitrogen and oxygen atoms in total. The molecule has 1 aliphatic rings. The molecule has 0 aliphatic carbocycles. The Labute approximate surface area is 162 Å². The molecule has 28 heavy (non-hydrogen) atoms. The molecule has 10 heteroatoms. The molecule has 1 aromatic rings. The first-order chi connectivity index (χ1) is 13.0. The number of carboxylic acids is 1. The fraction of sp³-hybridized carbons (Fsp3) is 0.556. The van der Waals surface area contributed by atoms with Crippen LogP contribution < -0.4 is 11.5 Å². The minimum Gasteiger partial charge on any atom is -0.480 e. The molecule has 0 bridgehead atoms. The second-order valence-corrected chi connectivity index (χ2v) is 7.20. The molecule has 1 amide bonds. The Morgan fingerprint density at radius 1 is 1.32 bits per heavy atom. The number of carboxylic acid groups (broad SMARTS) is 1. The Morgan fingerprint density at radius 2 is 1.93 bits per heavy atom. The van der Waals surface area contributed by atoms with Crippen LogP contribution in [0.2, 0.25) is 6.32 Å². The summed E-state index contributed by atoms with van der Waals surface area (Å²) in [7, 11) is 5.48. The van der Waals surface area contributed by atoms with Crippen LogP contribution in [0.4, 0.5) is 13.2 Å². The molecule has 1 aliphatic heterocycles. The summed E-state index contributed by atoms with van der Waals surface area (Å²) in [6.45, 7) is -0.0144. The zero-order chi connectivity index (χ0) is 21.1. The highest BCUT2D eigenvalue weighted by Crippen LogP contribution is 2.31. The van der Waals surface area contributed by atoms with E-state index in [2.05, 4.69) is 0 Å². The van der Waals surface area contributed by atoms with Crippen molar-refractivity contribution in [1.29, 1.82) is 0 Å². The van der Waals surface area contributed by atoms with E-state index in [0.29, 0.717) is 24.7 Å². The summed E-state index contributed by atoms with van der Waals surface area (Å²) in [5, 5.41) is 9.49. The second-order valence-electron chi connectivity index (χ2n) is 7.20. The van der Waals surface area contributed by atoms with Crippen LogP contribution >= 0.6 is 0 Å². The van der Waals surface area contributed by atoms with Crippen molar-refractivity contribution in [3.8, 4) is 0 Å². The third kappa shape index (κ3) is 4.85. The van der Waals surface area contributed by atoms with Crippen LogP contribution in [-0.2, 0) is 22.2 Å². The van der Waals surface area contributed by atoms with Crippen LogP contribution in [0.1, 0.15) is 24.0 Å². The van der Waals surface area contributed by atoms with E-state index in [1.807, 2.05) is 0 Å². The van der Waals surface area contributed by atoms with Crippen molar-refractivity contribution in [3.05, 3.63) is 35.4 Å². The van der Waals surface area contributed by atoms with Crippen molar-refractivity contribution >= 4 is 19.7 Å². The maximum Gasteiger partial charge on any atom is 0.416 e. The maximum atomic E-state index is 12.7. The van der Waals surface area contributed by atoms with E-state index in [4.69, 9.17) is 19.3 Å². The molecule has 0 saturated carbocycles. The predicted octanol–water partition coefficient (Wildman–Crippen LogP) is 1.18. The quantitative estimate of drug-likeness (QED) is 0.599. The van der Waals surface area contributed by atoms with Crippen LogP contribution in [-0.4, -0.2) is 54.4 Å². The Balaban J connectivity index is 2.05. The number of carbonyl (C=O) groups excluding carboxylic acids is 1. The number of nitrogens with zero attached hydrogens (tertiary/aromatic N) is 1. The monoisotopic (exact) mass is 397 g/mol. The van der Waals surface area contributed by atoms with Gasteiger partial charge < -0.3 is 21.5 Å². The van der Waals surface area contributed by atoms with E-state index >= 15 is 0 Å². The average molecular weight is 397 g/mol. The number of likely N-dealkylation sites (tertiary alicyclic amines) is 1. The summed E-state index contributed by atoms with van der Waals surface area (Å²) in [5.74, 6) is -2.12. The van der Waals surface area contributed by atoms with E-state index in [0.717, 1.165) is 12.1 Å². The fourth-order valence-corrected chi connectivity index (χ4v) is 3.47. The molecule has 2 rings (SSSR count). The number of alkyl halides is 3. The molecule has 1 fully saturated rings. The lowest BCUT2D eigenvalue weighted by Crippen LogP contribution is -2.55. The lowest BCUT2D eigenvalue weighted by Gasteiger charge is -2.25. The fourth-order valence-electron chi connectivity index (χ4n) is 3.47. The summed E-state index contributed by atoms with van der Waals surface area (Å²) in [5.41, 5.74) is 10.1. The van der Waals surface area contributed by atoms with Crippen molar-refractivity contribution in [2.24, 2.45) is 17.4 Å². The normalized spacial score (nSPS) is 23.6. The van der Waals surface area contributed by atoms with E-state index in [1.165, 1.54) is 17.0 Å². The number of nitrogens with two attached hydrogens (primary N) is 2. The number of halogens is 3. The van der Waals surface area contributed by atoms with Gasteiger partial charge in [-0.25, -0.2) is 0 Å². The van der Waals surface area contributed by atoms with E-state index in [9.17, 15) is 27.9 Å². The van der Waals surface area contributed by atoms with Gasteiger partial charge in [-0.05, 0) is 30.5 Å². The smallest absolute Gasteiger partial charge is 0.416 e. The van der Waals surface area contributed by atoms with Gasteiger partial charge in [0.1, 0.15) is 5.54 Å². The summed E-state index contributed by atoms with van der Waals surface area (Å²) in [6, 6.07) is 3.40. The van der Waals surface area contributed by atoms with Crippen molar-refractivity contribution in [2.75, 3.05) is 13.1 Å². The lowest BCUT2D eigenvalue weighted by atomic mass is 9.83. The number of rotatable bonds is 7. The first-order valence-corrected chi connectivity index (χ1v) is 8.92. The molecule has 3 atom stereocenters. The Hall–Kier alpha value is -2.07. The van der Waals surface area contributed by atoms with Gasteiger partial charge in [0.2, 0.25) is 5.91 Å². The molecule has 5 N–H and O–H groups in total. The van der Waals surface area contributed by atoms with E-state index in [1.54, 1.807) is 0 Å². The summed E-state index contributed by atoms with van der Waals surface area (Å²) in [4.78, 5) is 25.6. The predicted molar refractivity (Wildman–Crippen MR) is 97.5 cm³/mol. The highest BCUT2D eigenvalue weighted by atomic mass is 19.4. The molecule has 152 valence electrons. The highest BCUT2D eigenvalue weighted by molar-refractivity contribution is 6.08. The topological polar surface area (TPSA) is 110 Å². The zero-order valence-electron chi connectivity index (χ0n) is 15.3. The van der Waals surface area contributed by atoms with Crippen LogP contribution in [0.5, 0.6) is 0 Å². The minimum atomic E-state index is -4.44. The summed E-state index contributed by atoms with van der Waals surface area (Å²) in [6.07, 6.45) is -2.97. The summed E-state index contributed by atoms with van der Waals surface area (Å²) >= 11 is 0. The minimum absolute atomic E-state index is 0.0333. The number of benzene rings is 1. The molecule has 0 aromatic heterocycles. The molecule has 1 unspecified atom stereocenters. The lowest BCUT2D eigenvalue weighted by molar-refractivity contribution is -0.144. The van der Waals surface area contributed by atoms with Gasteiger partial charge in [-0.2, -0.15) is 13.2 Å². The average Bonchev–Trinajstić information content (AvgIpc) is 2.97. The first-order valence-electron chi connectivity index (χ1n) is 8.92.